The maximum atomic E-state index is 9.94. The van der Waals surface area contributed by atoms with Crippen LogP contribution in [0.2, 0.25) is 19.1 Å². The van der Waals surface area contributed by atoms with Crippen LogP contribution in [0.3, 0.4) is 0 Å². The van der Waals surface area contributed by atoms with Gasteiger partial charge in [0, 0.05) is 0 Å². The van der Waals surface area contributed by atoms with Gasteiger partial charge in [0.1, 0.15) is 18.3 Å². The van der Waals surface area contributed by atoms with Gasteiger partial charge in [0.15, 0.2) is 0 Å². The Morgan fingerprint density at radius 2 is 1.81 bits per heavy atom. The molecule has 4 nitrogen and oxygen atoms in total. The molecule has 1 unspecified atom stereocenters. The molecule has 0 radical (unpaired) electrons. The van der Waals surface area contributed by atoms with E-state index in [2.05, 4.69) is 20.0 Å². The van der Waals surface area contributed by atoms with Gasteiger partial charge in [-0.3, -0.25) is 0 Å². The van der Waals surface area contributed by atoms with E-state index >= 15 is 0 Å². The molecule has 1 rings (SSSR count). The average Bonchev–Trinajstić information content (AvgIpc) is 2.54. The number of rotatable bonds is 5. The van der Waals surface area contributed by atoms with E-state index in [1.165, 1.54) is 0 Å². The molecule has 1 aliphatic rings. The summed E-state index contributed by atoms with van der Waals surface area (Å²) in [7, 11) is -1.70. The summed E-state index contributed by atoms with van der Waals surface area (Å²) in [6.07, 6.45) is -0.135. The molecule has 1 saturated heterocycles. The van der Waals surface area contributed by atoms with Crippen LogP contribution in [-0.2, 0) is 4.74 Å². The Morgan fingerprint density at radius 3 is 2.25 bits per heavy atom. The standard InChI is InChI=1S/C11H24O4Si/c1-4-5-6-16(2,3)11-10(14)9(13)8(7-12)15-11/h8-14H,4-7H2,1-3H3/t8-,9-,10-,11?/m1/s1. The van der Waals surface area contributed by atoms with Crippen molar-refractivity contribution in [2.45, 2.75) is 62.9 Å². The van der Waals surface area contributed by atoms with Gasteiger partial charge in [-0.05, 0) is 0 Å². The lowest BCUT2D eigenvalue weighted by Crippen LogP contribution is -2.49. The Balaban J connectivity index is 2.66. The van der Waals surface area contributed by atoms with Gasteiger partial charge in [-0.1, -0.05) is 38.9 Å². The van der Waals surface area contributed by atoms with E-state index in [4.69, 9.17) is 9.84 Å². The van der Waals surface area contributed by atoms with Gasteiger partial charge >= 0.3 is 0 Å². The molecule has 5 heteroatoms. The van der Waals surface area contributed by atoms with Gasteiger partial charge < -0.3 is 20.1 Å². The summed E-state index contributed by atoms with van der Waals surface area (Å²) in [4.78, 5) is 0. The molecule has 0 bridgehead atoms. The summed E-state index contributed by atoms with van der Waals surface area (Å²) in [5, 5.41) is 28.7. The highest BCUT2D eigenvalue weighted by Gasteiger charge is 2.49. The summed E-state index contributed by atoms with van der Waals surface area (Å²) in [5.41, 5.74) is -0.258. The van der Waals surface area contributed by atoms with Crippen LogP contribution >= 0.6 is 0 Å². The molecule has 4 atom stereocenters. The first kappa shape index (κ1) is 14.1. The van der Waals surface area contributed by atoms with Crippen molar-refractivity contribution in [1.82, 2.24) is 0 Å². The summed E-state index contributed by atoms with van der Waals surface area (Å²) >= 11 is 0. The van der Waals surface area contributed by atoms with Crippen molar-refractivity contribution in [1.29, 1.82) is 0 Å². The van der Waals surface area contributed by atoms with Gasteiger partial charge in [-0.2, -0.15) is 0 Å². The molecule has 3 N–H and O–H groups in total. The van der Waals surface area contributed by atoms with Crippen LogP contribution in [0.1, 0.15) is 19.8 Å². The first-order valence-electron chi connectivity index (χ1n) is 6.06. The molecular weight excluding hydrogens is 224 g/mol. The minimum absolute atomic E-state index is 0.229. The number of unbranched alkanes of at least 4 members (excludes halogenated alkanes) is 1. The van der Waals surface area contributed by atoms with Crippen molar-refractivity contribution in [3.8, 4) is 0 Å². The van der Waals surface area contributed by atoms with Crippen molar-refractivity contribution in [3.63, 3.8) is 0 Å². The van der Waals surface area contributed by atoms with Crippen molar-refractivity contribution >= 4 is 8.07 Å². The van der Waals surface area contributed by atoms with Crippen LogP contribution in [0.15, 0.2) is 0 Å². The number of hydrogen-bond donors (Lipinski definition) is 3. The Bertz CT molecular complexity index is 222. The van der Waals surface area contributed by atoms with Gasteiger partial charge in [0.25, 0.3) is 0 Å². The minimum Gasteiger partial charge on any atom is -0.394 e. The van der Waals surface area contributed by atoms with Crippen LogP contribution < -0.4 is 0 Å². The quantitative estimate of drug-likeness (QED) is 0.620. The van der Waals surface area contributed by atoms with Gasteiger partial charge in [0.2, 0.25) is 0 Å². The van der Waals surface area contributed by atoms with Gasteiger partial charge in [0.05, 0.1) is 20.4 Å². The van der Waals surface area contributed by atoms with E-state index in [1.54, 1.807) is 0 Å². The molecule has 16 heavy (non-hydrogen) atoms. The molecular formula is C11H24O4Si. The molecule has 0 aliphatic carbocycles. The largest absolute Gasteiger partial charge is 0.394 e. The third kappa shape index (κ3) is 2.84. The summed E-state index contributed by atoms with van der Waals surface area (Å²) < 4.78 is 5.61. The van der Waals surface area contributed by atoms with Gasteiger partial charge in [-0.25, -0.2) is 0 Å². The second-order valence-corrected chi connectivity index (χ2v) is 10.4. The van der Waals surface area contributed by atoms with Crippen molar-refractivity contribution in [3.05, 3.63) is 0 Å². The average molecular weight is 248 g/mol. The molecule has 1 aliphatic heterocycles. The van der Waals surface area contributed by atoms with Crippen LogP contribution in [0.4, 0.5) is 0 Å². The first-order chi connectivity index (χ1) is 7.44. The zero-order valence-electron chi connectivity index (χ0n) is 10.4. The Labute approximate surface area is 98.3 Å². The normalized spacial score (nSPS) is 35.6. The van der Waals surface area contributed by atoms with Crippen LogP contribution in [0.25, 0.3) is 0 Å². The highest BCUT2D eigenvalue weighted by Crippen LogP contribution is 2.31. The summed E-state index contributed by atoms with van der Waals surface area (Å²) in [6, 6.07) is 1.08. The summed E-state index contributed by atoms with van der Waals surface area (Å²) in [6.45, 7) is 6.25. The predicted molar refractivity (Wildman–Crippen MR) is 65.0 cm³/mol. The van der Waals surface area contributed by atoms with Gasteiger partial charge in [-0.15, -0.1) is 0 Å². The highest BCUT2D eigenvalue weighted by atomic mass is 28.3. The van der Waals surface area contributed by atoms with Crippen LogP contribution in [0, 0.1) is 0 Å². The molecule has 0 saturated carbocycles. The molecule has 0 aromatic rings. The number of hydrogen-bond acceptors (Lipinski definition) is 4. The molecule has 96 valence electrons. The van der Waals surface area contributed by atoms with Crippen LogP contribution in [-0.4, -0.2) is 54.0 Å². The predicted octanol–water partition coefficient (Wildman–Crippen LogP) is 0.516. The fraction of sp³-hybridized carbons (Fsp3) is 1.00. The Hall–Kier alpha value is 0.0569. The van der Waals surface area contributed by atoms with E-state index < -0.39 is 26.4 Å². The Kier molecular flexibility index (Phi) is 4.94. The molecule has 1 fully saturated rings. The van der Waals surface area contributed by atoms with E-state index in [0.717, 1.165) is 18.9 Å². The smallest absolute Gasteiger partial charge is 0.110 e. The molecule has 0 amide bonds. The lowest BCUT2D eigenvalue weighted by Gasteiger charge is -2.31. The van der Waals surface area contributed by atoms with E-state index in [0.29, 0.717) is 0 Å². The third-order valence-electron chi connectivity index (χ3n) is 3.49. The maximum absolute atomic E-state index is 9.94. The second-order valence-electron chi connectivity index (χ2n) is 5.35. The molecule has 0 aromatic heterocycles. The fourth-order valence-electron chi connectivity index (χ4n) is 2.32. The van der Waals surface area contributed by atoms with E-state index in [9.17, 15) is 10.2 Å². The van der Waals surface area contributed by atoms with E-state index in [1.807, 2.05) is 0 Å². The number of aliphatic hydroxyl groups is 3. The van der Waals surface area contributed by atoms with Crippen LogP contribution in [0.5, 0.6) is 0 Å². The maximum Gasteiger partial charge on any atom is 0.110 e. The number of ether oxygens (including phenoxy) is 1. The molecule has 1 heterocycles. The van der Waals surface area contributed by atoms with E-state index in [-0.39, 0.29) is 12.3 Å². The highest BCUT2D eigenvalue weighted by molar-refractivity contribution is 6.78. The number of aliphatic hydroxyl groups excluding tert-OH is 3. The molecule has 0 spiro atoms. The monoisotopic (exact) mass is 248 g/mol. The topological polar surface area (TPSA) is 69.9 Å². The van der Waals surface area contributed by atoms with Crippen molar-refractivity contribution in [2.75, 3.05) is 6.61 Å². The third-order valence-corrected chi connectivity index (χ3v) is 7.15. The minimum atomic E-state index is -1.70. The lowest BCUT2D eigenvalue weighted by molar-refractivity contribution is -0.00979. The fourth-order valence-corrected chi connectivity index (χ4v) is 5.53. The summed E-state index contributed by atoms with van der Waals surface area (Å²) in [5.74, 6) is 0. The second kappa shape index (κ2) is 5.60. The van der Waals surface area contributed by atoms with Crippen molar-refractivity contribution in [2.24, 2.45) is 0 Å². The first-order valence-corrected chi connectivity index (χ1v) is 9.35. The zero-order chi connectivity index (χ0) is 12.3. The Morgan fingerprint density at radius 1 is 1.19 bits per heavy atom. The SMILES string of the molecule is CCCC[Si](C)(C)C1O[C@H](CO)[C@@H](O)[C@H]1O. The lowest BCUT2D eigenvalue weighted by atomic mass is 10.2. The molecule has 0 aromatic carbocycles. The van der Waals surface area contributed by atoms with Crippen molar-refractivity contribution < 1.29 is 20.1 Å². The zero-order valence-corrected chi connectivity index (χ0v) is 11.4.